The Morgan fingerprint density at radius 3 is 2.45 bits per heavy atom. The molecule has 2 nitrogen and oxygen atoms in total. The molecule has 1 saturated heterocycles. The zero-order valence-corrected chi connectivity index (χ0v) is 11.4. The van der Waals surface area contributed by atoms with Gasteiger partial charge in [0.1, 0.15) is 0 Å². The third-order valence-electron chi connectivity index (χ3n) is 4.03. The molecule has 0 spiro atoms. The minimum Gasteiger partial charge on any atom is -0.372 e. The van der Waals surface area contributed by atoms with Gasteiger partial charge in [-0.3, -0.25) is 4.79 Å². The molecule has 0 saturated carbocycles. The van der Waals surface area contributed by atoms with E-state index in [4.69, 9.17) is 0 Å². The van der Waals surface area contributed by atoms with Gasteiger partial charge in [-0.05, 0) is 37.0 Å². The molecule has 2 rings (SSSR count). The Balaban J connectivity index is 2.24. The van der Waals surface area contributed by atoms with E-state index in [1.165, 1.54) is 6.07 Å². The fraction of sp³-hybridized carbons (Fsp3) is 0.533. The molecule has 1 aliphatic heterocycles. The van der Waals surface area contributed by atoms with Gasteiger partial charge in [0, 0.05) is 24.3 Å². The van der Waals surface area contributed by atoms with Crippen molar-refractivity contribution in [2.24, 2.45) is 5.92 Å². The number of benzene rings is 1. The number of rotatable bonds is 3. The van der Waals surface area contributed by atoms with Gasteiger partial charge < -0.3 is 4.90 Å². The second kappa shape index (κ2) is 5.85. The summed E-state index contributed by atoms with van der Waals surface area (Å²) < 4.78 is 38.8. The summed E-state index contributed by atoms with van der Waals surface area (Å²) in [6.45, 7) is 3.69. The van der Waals surface area contributed by atoms with Crippen LogP contribution in [0, 0.1) is 5.92 Å². The summed E-state index contributed by atoms with van der Waals surface area (Å²) in [7, 11) is 0. The number of halogens is 3. The highest BCUT2D eigenvalue weighted by atomic mass is 19.4. The molecular formula is C15H18F3NO. The van der Waals surface area contributed by atoms with Crippen LogP contribution in [0.15, 0.2) is 18.2 Å². The summed E-state index contributed by atoms with van der Waals surface area (Å²) in [6, 6.07) is 3.96. The van der Waals surface area contributed by atoms with Crippen molar-refractivity contribution in [3.8, 4) is 0 Å². The molecule has 20 heavy (non-hydrogen) atoms. The van der Waals surface area contributed by atoms with E-state index in [0.717, 1.165) is 38.4 Å². The van der Waals surface area contributed by atoms with E-state index in [1.54, 1.807) is 6.07 Å². The van der Waals surface area contributed by atoms with Gasteiger partial charge in [0.15, 0.2) is 6.29 Å². The van der Waals surface area contributed by atoms with Gasteiger partial charge in [0.25, 0.3) is 0 Å². The van der Waals surface area contributed by atoms with Gasteiger partial charge in [-0.1, -0.05) is 13.3 Å². The summed E-state index contributed by atoms with van der Waals surface area (Å²) in [6.07, 6.45) is -1.10. The number of aldehydes is 1. The predicted molar refractivity (Wildman–Crippen MR) is 72.1 cm³/mol. The summed E-state index contributed by atoms with van der Waals surface area (Å²) in [5.41, 5.74) is -0.593. The zero-order chi connectivity index (χ0) is 14.8. The van der Waals surface area contributed by atoms with Gasteiger partial charge >= 0.3 is 6.18 Å². The lowest BCUT2D eigenvalue weighted by Crippen LogP contribution is -2.33. The Morgan fingerprint density at radius 1 is 1.30 bits per heavy atom. The maximum Gasteiger partial charge on any atom is 0.417 e. The first kappa shape index (κ1) is 14.9. The highest BCUT2D eigenvalue weighted by Gasteiger charge is 2.34. The molecule has 0 atom stereocenters. The van der Waals surface area contributed by atoms with Gasteiger partial charge in [0.2, 0.25) is 0 Å². The Hall–Kier alpha value is -1.52. The zero-order valence-electron chi connectivity index (χ0n) is 11.4. The van der Waals surface area contributed by atoms with E-state index in [9.17, 15) is 18.0 Å². The van der Waals surface area contributed by atoms with E-state index in [-0.39, 0.29) is 11.8 Å². The first-order chi connectivity index (χ1) is 9.45. The fourth-order valence-corrected chi connectivity index (χ4v) is 2.69. The molecule has 1 aromatic rings. The SMILES string of the molecule is CCC1CCN(c2ccc(C=O)c(C(F)(F)F)c2)CC1. The number of carbonyl (C=O) groups is 1. The average molecular weight is 285 g/mol. The normalized spacial score (nSPS) is 17.3. The minimum absolute atomic E-state index is 0.260. The number of hydrogen-bond acceptors (Lipinski definition) is 2. The third kappa shape index (κ3) is 3.14. The number of nitrogens with zero attached hydrogens (tertiary/aromatic N) is 1. The molecule has 0 bridgehead atoms. The molecule has 5 heteroatoms. The molecule has 0 radical (unpaired) electrons. The van der Waals surface area contributed by atoms with Crippen molar-refractivity contribution in [1.29, 1.82) is 0 Å². The average Bonchev–Trinajstić information content (AvgIpc) is 2.46. The lowest BCUT2D eigenvalue weighted by molar-refractivity contribution is -0.137. The van der Waals surface area contributed by atoms with Crippen LogP contribution in [0.25, 0.3) is 0 Å². The predicted octanol–water partition coefficient (Wildman–Crippen LogP) is 4.14. The number of piperidine rings is 1. The van der Waals surface area contributed by atoms with Crippen LogP contribution in [0.2, 0.25) is 0 Å². The van der Waals surface area contributed by atoms with E-state index in [1.807, 2.05) is 4.90 Å². The van der Waals surface area contributed by atoms with Gasteiger partial charge in [-0.25, -0.2) is 0 Å². The molecule has 0 N–H and O–H groups in total. The number of carbonyl (C=O) groups excluding carboxylic acids is 1. The highest BCUT2D eigenvalue weighted by molar-refractivity contribution is 5.79. The molecule has 0 aromatic heterocycles. The van der Waals surface area contributed by atoms with Crippen LogP contribution in [-0.4, -0.2) is 19.4 Å². The molecule has 1 aliphatic rings. The lowest BCUT2D eigenvalue weighted by atomic mass is 9.94. The van der Waals surface area contributed by atoms with Crippen LogP contribution in [0.3, 0.4) is 0 Å². The van der Waals surface area contributed by atoms with Crippen molar-refractivity contribution in [1.82, 2.24) is 0 Å². The van der Waals surface area contributed by atoms with Crippen LogP contribution in [0.4, 0.5) is 18.9 Å². The van der Waals surface area contributed by atoms with Crippen LogP contribution in [0.1, 0.15) is 42.1 Å². The van der Waals surface area contributed by atoms with Gasteiger partial charge in [-0.2, -0.15) is 13.2 Å². The fourth-order valence-electron chi connectivity index (χ4n) is 2.69. The smallest absolute Gasteiger partial charge is 0.372 e. The standard InChI is InChI=1S/C15H18F3NO/c1-2-11-5-7-19(8-6-11)13-4-3-12(10-20)14(9-13)15(16,17)18/h3-4,9-11H,2,5-8H2,1H3. The maximum atomic E-state index is 12.9. The van der Waals surface area contributed by atoms with Crippen molar-refractivity contribution in [3.63, 3.8) is 0 Å². The van der Waals surface area contributed by atoms with Crippen molar-refractivity contribution < 1.29 is 18.0 Å². The first-order valence-electron chi connectivity index (χ1n) is 6.87. The van der Waals surface area contributed by atoms with E-state index in [2.05, 4.69) is 6.92 Å². The largest absolute Gasteiger partial charge is 0.417 e. The van der Waals surface area contributed by atoms with Crippen LogP contribution >= 0.6 is 0 Å². The third-order valence-corrected chi connectivity index (χ3v) is 4.03. The molecule has 1 fully saturated rings. The summed E-state index contributed by atoms with van der Waals surface area (Å²) in [4.78, 5) is 12.7. The lowest BCUT2D eigenvalue weighted by Gasteiger charge is -2.33. The van der Waals surface area contributed by atoms with Crippen LogP contribution in [0.5, 0.6) is 0 Å². The Bertz CT molecular complexity index is 476. The first-order valence-corrected chi connectivity index (χ1v) is 6.87. The molecule has 0 unspecified atom stereocenters. The maximum absolute atomic E-state index is 12.9. The monoisotopic (exact) mass is 285 g/mol. The van der Waals surface area contributed by atoms with E-state index >= 15 is 0 Å². The van der Waals surface area contributed by atoms with Gasteiger partial charge in [-0.15, -0.1) is 0 Å². The van der Waals surface area contributed by atoms with Crippen molar-refractivity contribution in [2.75, 3.05) is 18.0 Å². The van der Waals surface area contributed by atoms with Gasteiger partial charge in [0.05, 0.1) is 5.56 Å². The molecule has 110 valence electrons. The topological polar surface area (TPSA) is 20.3 Å². The van der Waals surface area contributed by atoms with Crippen molar-refractivity contribution in [3.05, 3.63) is 29.3 Å². The number of hydrogen-bond donors (Lipinski definition) is 0. The Morgan fingerprint density at radius 2 is 1.95 bits per heavy atom. The highest BCUT2D eigenvalue weighted by Crippen LogP contribution is 2.35. The molecule has 0 aliphatic carbocycles. The van der Waals surface area contributed by atoms with Crippen molar-refractivity contribution in [2.45, 2.75) is 32.4 Å². The quantitative estimate of drug-likeness (QED) is 0.778. The second-order valence-electron chi connectivity index (χ2n) is 5.23. The molecule has 1 heterocycles. The summed E-state index contributed by atoms with van der Waals surface area (Å²) in [5, 5.41) is 0. The van der Waals surface area contributed by atoms with Crippen LogP contribution < -0.4 is 4.90 Å². The van der Waals surface area contributed by atoms with Crippen LogP contribution in [-0.2, 0) is 6.18 Å². The summed E-state index contributed by atoms with van der Waals surface area (Å²) >= 11 is 0. The van der Waals surface area contributed by atoms with E-state index < -0.39 is 11.7 Å². The molecule has 0 amide bonds. The Labute approximate surface area is 116 Å². The number of anilines is 1. The van der Waals surface area contributed by atoms with E-state index in [0.29, 0.717) is 11.6 Å². The second-order valence-corrected chi connectivity index (χ2v) is 5.23. The molecule has 1 aromatic carbocycles. The summed E-state index contributed by atoms with van der Waals surface area (Å²) in [5.74, 6) is 0.669. The van der Waals surface area contributed by atoms with Crippen molar-refractivity contribution >= 4 is 12.0 Å². The minimum atomic E-state index is -4.49. The molecular weight excluding hydrogens is 267 g/mol. The Kier molecular flexibility index (Phi) is 4.35. The number of alkyl halides is 3.